The summed E-state index contributed by atoms with van der Waals surface area (Å²) in [4.78, 5) is 0. The second-order valence-electron chi connectivity index (χ2n) is 6.90. The molecule has 1 saturated carbocycles. The minimum Gasteiger partial charge on any atom is -0.395 e. The summed E-state index contributed by atoms with van der Waals surface area (Å²) in [5.41, 5.74) is 0. The molecule has 4 nitrogen and oxygen atoms in total. The van der Waals surface area contributed by atoms with Crippen LogP contribution in [0.1, 0.15) is 45.4 Å². The molecule has 1 aliphatic rings. The molecule has 14 heteroatoms. The zero-order valence-corrected chi connectivity index (χ0v) is 16.2. The summed E-state index contributed by atoms with van der Waals surface area (Å²) in [6, 6.07) is 0. The Kier molecular flexibility index (Phi) is 7.61. The van der Waals surface area contributed by atoms with Gasteiger partial charge in [-0.1, -0.05) is 26.2 Å². The molecular weight excluding hydrogens is 445 g/mol. The van der Waals surface area contributed by atoms with Crippen molar-refractivity contribution in [3.05, 3.63) is 0 Å². The van der Waals surface area contributed by atoms with Crippen LogP contribution in [-0.4, -0.2) is 66.2 Å². The van der Waals surface area contributed by atoms with Gasteiger partial charge in [0.05, 0.1) is 6.61 Å². The Morgan fingerprint density at radius 2 is 1.34 bits per heavy atom. The van der Waals surface area contributed by atoms with Crippen LogP contribution in [0.3, 0.4) is 0 Å². The molecule has 1 fully saturated rings. The minimum atomic E-state index is -7.17. The maximum Gasteiger partial charge on any atom is 0.460 e. The quantitative estimate of drug-likeness (QED) is 0.518. The van der Waals surface area contributed by atoms with Gasteiger partial charge in [0.1, 0.15) is 0 Å². The van der Waals surface area contributed by atoms with Gasteiger partial charge in [-0.05, 0) is 19.3 Å². The number of hydrogen-bond acceptors (Lipinski definition) is 3. The van der Waals surface area contributed by atoms with Gasteiger partial charge in [-0.3, -0.25) is 0 Å². The van der Waals surface area contributed by atoms with Gasteiger partial charge in [0.2, 0.25) is 10.0 Å². The molecule has 0 atom stereocenters. The van der Waals surface area contributed by atoms with Crippen molar-refractivity contribution in [1.29, 1.82) is 0 Å². The van der Waals surface area contributed by atoms with Crippen LogP contribution in [0.15, 0.2) is 0 Å². The highest BCUT2D eigenvalue weighted by molar-refractivity contribution is 7.90. The van der Waals surface area contributed by atoms with Crippen LogP contribution in [-0.2, 0) is 10.0 Å². The molecule has 0 aliphatic heterocycles. The first kappa shape index (κ1) is 26.3. The number of nitrogens with zero attached hydrogens (tertiary/aromatic N) is 1. The van der Waals surface area contributed by atoms with Gasteiger partial charge in [-0.2, -0.15) is 43.8 Å². The molecule has 0 saturated heterocycles. The van der Waals surface area contributed by atoms with Crippen molar-refractivity contribution in [2.75, 3.05) is 19.7 Å². The average Bonchev–Trinajstić information content (AvgIpc) is 2.60. The Hall–Kier alpha value is -0.760. The summed E-state index contributed by atoms with van der Waals surface area (Å²) in [6.45, 7) is -0.800. The lowest BCUT2D eigenvalue weighted by atomic mass is 9.79. The molecule has 0 aromatic heterocycles. The molecule has 0 unspecified atom stereocenters. The minimum absolute atomic E-state index is 0.00398. The normalized spacial score (nSPS) is 19.6. The second kappa shape index (κ2) is 8.40. The predicted octanol–water partition coefficient (Wildman–Crippen LogP) is 4.19. The fraction of sp³-hybridized carbons (Fsp3) is 1.00. The van der Waals surface area contributed by atoms with E-state index in [9.17, 15) is 47.9 Å². The molecule has 0 heterocycles. The van der Waals surface area contributed by atoms with Crippen LogP contribution >= 0.6 is 0 Å². The maximum atomic E-state index is 14.9. The van der Waals surface area contributed by atoms with E-state index >= 15 is 0 Å². The number of alkyl halides is 9. The molecule has 0 amide bonds. The molecule has 174 valence electrons. The van der Waals surface area contributed by atoms with E-state index in [-0.39, 0.29) is 30.0 Å². The van der Waals surface area contributed by atoms with E-state index in [0.717, 1.165) is 0 Å². The van der Waals surface area contributed by atoms with Crippen LogP contribution < -0.4 is 0 Å². The molecule has 0 bridgehead atoms. The largest absolute Gasteiger partial charge is 0.460 e. The van der Waals surface area contributed by atoms with E-state index in [1.165, 1.54) is 6.92 Å². The lowest BCUT2D eigenvalue weighted by molar-refractivity contribution is -0.401. The second-order valence-corrected chi connectivity index (χ2v) is 9.15. The van der Waals surface area contributed by atoms with Crippen molar-refractivity contribution in [3.8, 4) is 0 Å². The highest BCUT2D eigenvalue weighted by atomic mass is 32.2. The Bertz CT molecular complexity index is 652. The summed E-state index contributed by atoms with van der Waals surface area (Å²) >= 11 is 0. The molecule has 0 spiro atoms. The fourth-order valence-electron chi connectivity index (χ4n) is 3.48. The van der Waals surface area contributed by atoms with Gasteiger partial charge in [0, 0.05) is 13.1 Å². The van der Waals surface area contributed by atoms with Gasteiger partial charge >= 0.3 is 23.9 Å². The standard InChI is InChI=1S/C15H22F9NO3S/c1-2-8-25(9-10-26)29(27,28)11(6-4-3-5-7-11)12(16,17)13(18,19)14(20,21)15(22,23)24/h26H,2-10H2,1H3. The topological polar surface area (TPSA) is 57.6 Å². The van der Waals surface area contributed by atoms with Crippen LogP contribution in [0.4, 0.5) is 39.5 Å². The van der Waals surface area contributed by atoms with E-state index < -0.39 is 71.3 Å². The third kappa shape index (κ3) is 3.95. The summed E-state index contributed by atoms with van der Waals surface area (Å²) in [6.07, 6.45) is -10.1. The van der Waals surface area contributed by atoms with E-state index in [2.05, 4.69) is 0 Å². The number of aliphatic hydroxyl groups is 1. The Balaban J connectivity index is 3.72. The van der Waals surface area contributed by atoms with E-state index in [4.69, 9.17) is 5.11 Å². The summed E-state index contributed by atoms with van der Waals surface area (Å²) in [7, 11) is -5.51. The molecule has 0 aromatic rings. The van der Waals surface area contributed by atoms with E-state index in [0.29, 0.717) is 0 Å². The molecule has 0 radical (unpaired) electrons. The zero-order chi connectivity index (χ0) is 22.9. The van der Waals surface area contributed by atoms with Gasteiger partial charge in [-0.25, -0.2) is 8.42 Å². The summed E-state index contributed by atoms with van der Waals surface area (Å²) < 4.78 is 145. The van der Waals surface area contributed by atoms with Crippen molar-refractivity contribution in [1.82, 2.24) is 4.31 Å². The SMILES string of the molecule is CCCN(CCO)S(=O)(=O)C1(C(F)(F)C(F)(F)C(F)(F)C(F)(F)F)CCCCC1. The zero-order valence-electron chi connectivity index (χ0n) is 15.4. The number of hydrogen-bond donors (Lipinski definition) is 1. The highest BCUT2D eigenvalue weighted by Crippen LogP contribution is 2.60. The lowest BCUT2D eigenvalue weighted by Gasteiger charge is -2.48. The van der Waals surface area contributed by atoms with Gasteiger partial charge in [0.15, 0.2) is 4.75 Å². The summed E-state index contributed by atoms with van der Waals surface area (Å²) in [5.74, 6) is -20.4. The molecule has 1 aliphatic carbocycles. The van der Waals surface area contributed by atoms with Crippen LogP contribution in [0.25, 0.3) is 0 Å². The molecule has 1 rings (SSSR count). The molecule has 0 aromatic carbocycles. The fourth-order valence-corrected chi connectivity index (χ4v) is 5.97. The Morgan fingerprint density at radius 3 is 1.72 bits per heavy atom. The van der Waals surface area contributed by atoms with Gasteiger partial charge in [0.25, 0.3) is 0 Å². The molecule has 29 heavy (non-hydrogen) atoms. The summed E-state index contributed by atoms with van der Waals surface area (Å²) in [5, 5.41) is 9.00. The number of sulfonamides is 1. The first-order valence-electron chi connectivity index (χ1n) is 8.78. The van der Waals surface area contributed by atoms with Crippen molar-refractivity contribution < 1.29 is 53.0 Å². The Labute approximate surface area is 162 Å². The van der Waals surface area contributed by atoms with Crippen LogP contribution in [0, 0.1) is 0 Å². The highest BCUT2D eigenvalue weighted by Gasteiger charge is 2.87. The molecule has 1 N–H and O–H groups in total. The third-order valence-corrected chi connectivity index (χ3v) is 7.73. The average molecular weight is 467 g/mol. The van der Waals surface area contributed by atoms with Crippen LogP contribution in [0.5, 0.6) is 0 Å². The predicted molar refractivity (Wildman–Crippen MR) is 84.6 cm³/mol. The van der Waals surface area contributed by atoms with Crippen LogP contribution in [0.2, 0.25) is 0 Å². The Morgan fingerprint density at radius 1 is 0.862 bits per heavy atom. The first-order chi connectivity index (χ1) is 13.0. The van der Waals surface area contributed by atoms with E-state index in [1.54, 1.807) is 0 Å². The van der Waals surface area contributed by atoms with Crippen molar-refractivity contribution in [3.63, 3.8) is 0 Å². The van der Waals surface area contributed by atoms with Crippen molar-refractivity contribution in [2.24, 2.45) is 0 Å². The first-order valence-corrected chi connectivity index (χ1v) is 10.2. The maximum absolute atomic E-state index is 14.9. The van der Waals surface area contributed by atoms with Crippen molar-refractivity contribution >= 4 is 10.0 Å². The number of rotatable bonds is 9. The number of aliphatic hydroxyl groups excluding tert-OH is 1. The monoisotopic (exact) mass is 467 g/mol. The lowest BCUT2D eigenvalue weighted by Crippen LogP contribution is -2.72. The third-order valence-electron chi connectivity index (χ3n) is 5.03. The van der Waals surface area contributed by atoms with Crippen molar-refractivity contribution in [2.45, 2.75) is 74.1 Å². The smallest absolute Gasteiger partial charge is 0.395 e. The number of halogens is 9. The van der Waals surface area contributed by atoms with Gasteiger partial charge < -0.3 is 5.11 Å². The van der Waals surface area contributed by atoms with Gasteiger partial charge in [-0.15, -0.1) is 0 Å². The van der Waals surface area contributed by atoms with E-state index in [1.807, 2.05) is 0 Å². The molecular formula is C15H22F9NO3S.